The van der Waals surface area contributed by atoms with Crippen molar-refractivity contribution >= 4 is 77.5 Å². The first kappa shape index (κ1) is 35.3. The zero-order chi connectivity index (χ0) is 40.0. The third-order valence-electron chi connectivity index (χ3n) is 11.8. The van der Waals surface area contributed by atoms with Crippen LogP contribution in [0.25, 0.3) is 60.2 Å². The van der Waals surface area contributed by atoms with E-state index in [1.807, 2.05) is 0 Å². The highest BCUT2D eigenvalue weighted by Crippen LogP contribution is 2.45. The molecule has 284 valence electrons. The smallest absolute Gasteiger partial charge is 0.0542 e. The molecule has 0 bridgehead atoms. The highest BCUT2D eigenvalue weighted by atomic mass is 15.1. The molecule has 11 aromatic rings. The van der Waals surface area contributed by atoms with Gasteiger partial charge in [-0.05, 0) is 125 Å². The van der Waals surface area contributed by atoms with E-state index in [1.165, 1.54) is 60.0 Å². The minimum Gasteiger partial charge on any atom is -0.310 e. The van der Waals surface area contributed by atoms with Crippen molar-refractivity contribution in [1.82, 2.24) is 4.57 Å². The van der Waals surface area contributed by atoms with Gasteiger partial charge in [0.2, 0.25) is 0 Å². The van der Waals surface area contributed by atoms with E-state index in [9.17, 15) is 0 Å². The minimum atomic E-state index is 1.11. The summed E-state index contributed by atoms with van der Waals surface area (Å²) in [5, 5.41) is 7.30. The van der Waals surface area contributed by atoms with Crippen LogP contribution in [-0.2, 0) is 0 Å². The van der Waals surface area contributed by atoms with Gasteiger partial charge in [0, 0.05) is 50.3 Å². The van der Waals surface area contributed by atoms with Crippen LogP contribution >= 0.6 is 0 Å². The predicted molar refractivity (Wildman–Crippen MR) is 255 cm³/mol. The van der Waals surface area contributed by atoms with Gasteiger partial charge in [-0.3, -0.25) is 0 Å². The van der Waals surface area contributed by atoms with Crippen molar-refractivity contribution < 1.29 is 0 Å². The average molecular weight is 768 g/mol. The van der Waals surface area contributed by atoms with Crippen LogP contribution in [0.2, 0.25) is 0 Å². The van der Waals surface area contributed by atoms with Gasteiger partial charge < -0.3 is 14.4 Å². The first-order valence-electron chi connectivity index (χ1n) is 20.6. The molecule has 11 rings (SSSR count). The topological polar surface area (TPSA) is 11.4 Å². The van der Waals surface area contributed by atoms with Crippen LogP contribution in [0.4, 0.5) is 34.1 Å². The summed E-state index contributed by atoms with van der Waals surface area (Å²) in [6.45, 7) is 2.15. The van der Waals surface area contributed by atoms with Gasteiger partial charge in [0.1, 0.15) is 0 Å². The van der Waals surface area contributed by atoms with Crippen molar-refractivity contribution in [3.8, 4) is 16.8 Å². The molecule has 10 aromatic carbocycles. The molecule has 1 heterocycles. The second-order valence-electron chi connectivity index (χ2n) is 15.5. The van der Waals surface area contributed by atoms with Crippen LogP contribution in [-0.4, -0.2) is 4.57 Å². The molecule has 0 saturated carbocycles. The van der Waals surface area contributed by atoms with E-state index in [0.29, 0.717) is 0 Å². The number of aryl methyl sites for hydroxylation is 1. The zero-order valence-electron chi connectivity index (χ0n) is 33.3. The van der Waals surface area contributed by atoms with E-state index >= 15 is 0 Å². The number of hydrogen-bond acceptors (Lipinski definition) is 2. The van der Waals surface area contributed by atoms with Crippen molar-refractivity contribution in [1.29, 1.82) is 0 Å². The lowest BCUT2D eigenvalue weighted by Gasteiger charge is -2.28. The number of aromatic nitrogens is 1. The highest BCUT2D eigenvalue weighted by molar-refractivity contribution is 6.12. The first-order valence-corrected chi connectivity index (χ1v) is 20.6. The summed E-state index contributed by atoms with van der Waals surface area (Å²) in [6.07, 6.45) is 0. The standard InChI is InChI=1S/C57H41N3/c1-40-24-29-47(30-25-40)59(49-34-36-57-54(39-49)53-22-12-13-23-55(53)60(57)45-18-6-3-7-19-45)56-37-35-50(51-20-10-11-21-52(51)56)42-27-31-46(32-28-42)58(44-16-4-2-5-17-44)48-33-26-41-14-8-9-15-43(41)38-48/h2-39H,1H3. The zero-order valence-corrected chi connectivity index (χ0v) is 33.3. The first-order chi connectivity index (χ1) is 29.7. The summed E-state index contributed by atoms with van der Waals surface area (Å²) in [5.74, 6) is 0. The van der Waals surface area contributed by atoms with E-state index in [4.69, 9.17) is 0 Å². The summed E-state index contributed by atoms with van der Waals surface area (Å²) >= 11 is 0. The summed E-state index contributed by atoms with van der Waals surface area (Å²) in [4.78, 5) is 4.76. The SMILES string of the molecule is Cc1ccc(N(c2ccc3c(c2)c2ccccc2n3-c2ccccc2)c2ccc(-c3ccc(N(c4ccccc4)c4ccc5ccccc5c4)cc3)c3ccccc23)cc1. The molecule has 0 N–H and O–H groups in total. The maximum atomic E-state index is 2.42. The lowest BCUT2D eigenvalue weighted by atomic mass is 9.96. The molecule has 0 radical (unpaired) electrons. The van der Waals surface area contributed by atoms with Crippen LogP contribution < -0.4 is 9.80 Å². The van der Waals surface area contributed by atoms with Crippen molar-refractivity contribution in [2.75, 3.05) is 9.80 Å². The molecule has 0 saturated heterocycles. The molecule has 1 aromatic heterocycles. The Morgan fingerprint density at radius 1 is 0.333 bits per heavy atom. The molecule has 3 heteroatoms. The molecule has 0 amide bonds. The number of fused-ring (bicyclic) bond motifs is 5. The van der Waals surface area contributed by atoms with Crippen LogP contribution in [0.3, 0.4) is 0 Å². The molecule has 0 aliphatic rings. The largest absolute Gasteiger partial charge is 0.310 e. The number of nitrogens with zero attached hydrogens (tertiary/aromatic N) is 3. The maximum absolute atomic E-state index is 2.42. The Hall–Kier alpha value is -7.88. The normalized spacial score (nSPS) is 11.4. The van der Waals surface area contributed by atoms with Gasteiger partial charge in [0.15, 0.2) is 0 Å². The second kappa shape index (κ2) is 14.8. The Bertz CT molecular complexity index is 3310. The minimum absolute atomic E-state index is 1.11. The Morgan fingerprint density at radius 2 is 0.883 bits per heavy atom. The highest BCUT2D eigenvalue weighted by Gasteiger charge is 2.21. The van der Waals surface area contributed by atoms with Gasteiger partial charge >= 0.3 is 0 Å². The fraction of sp³-hybridized carbons (Fsp3) is 0.0175. The molecule has 0 fully saturated rings. The molecular weight excluding hydrogens is 727 g/mol. The third-order valence-corrected chi connectivity index (χ3v) is 11.8. The fourth-order valence-corrected chi connectivity index (χ4v) is 8.94. The van der Waals surface area contributed by atoms with Gasteiger partial charge in [0.25, 0.3) is 0 Å². The van der Waals surface area contributed by atoms with Crippen molar-refractivity contribution in [2.24, 2.45) is 0 Å². The maximum Gasteiger partial charge on any atom is 0.0542 e. The Morgan fingerprint density at radius 3 is 1.67 bits per heavy atom. The molecule has 0 aliphatic heterocycles. The van der Waals surface area contributed by atoms with Gasteiger partial charge in [-0.15, -0.1) is 0 Å². The van der Waals surface area contributed by atoms with Crippen LogP contribution in [0, 0.1) is 6.92 Å². The van der Waals surface area contributed by atoms with Gasteiger partial charge in [-0.25, -0.2) is 0 Å². The number of rotatable bonds is 8. The van der Waals surface area contributed by atoms with Gasteiger partial charge in [-0.2, -0.15) is 0 Å². The molecule has 0 atom stereocenters. The van der Waals surface area contributed by atoms with E-state index in [1.54, 1.807) is 0 Å². The van der Waals surface area contributed by atoms with Crippen LogP contribution in [0.5, 0.6) is 0 Å². The van der Waals surface area contributed by atoms with E-state index in [-0.39, 0.29) is 0 Å². The molecule has 60 heavy (non-hydrogen) atoms. The quantitative estimate of drug-likeness (QED) is 0.153. The van der Waals surface area contributed by atoms with Crippen molar-refractivity contribution in [3.63, 3.8) is 0 Å². The lowest BCUT2D eigenvalue weighted by Crippen LogP contribution is -2.11. The van der Waals surface area contributed by atoms with Crippen molar-refractivity contribution in [2.45, 2.75) is 6.92 Å². The Balaban J connectivity index is 1.03. The summed E-state index contributed by atoms with van der Waals surface area (Å²) in [5.41, 5.74) is 13.8. The fourth-order valence-electron chi connectivity index (χ4n) is 8.94. The molecular formula is C57H41N3. The number of hydrogen-bond donors (Lipinski definition) is 0. The van der Waals surface area contributed by atoms with E-state index in [2.05, 4.69) is 252 Å². The second-order valence-corrected chi connectivity index (χ2v) is 15.5. The Kier molecular flexibility index (Phi) is 8.71. The van der Waals surface area contributed by atoms with E-state index in [0.717, 1.165) is 39.8 Å². The summed E-state index contributed by atoms with van der Waals surface area (Å²) < 4.78 is 2.38. The summed E-state index contributed by atoms with van der Waals surface area (Å²) in [6, 6.07) is 83.6. The Labute approximate surface area is 350 Å². The summed E-state index contributed by atoms with van der Waals surface area (Å²) in [7, 11) is 0. The van der Waals surface area contributed by atoms with Gasteiger partial charge in [0.05, 0.1) is 16.7 Å². The van der Waals surface area contributed by atoms with Gasteiger partial charge in [-0.1, -0.05) is 145 Å². The average Bonchev–Trinajstić information content (AvgIpc) is 3.64. The lowest BCUT2D eigenvalue weighted by molar-refractivity contribution is 1.18. The van der Waals surface area contributed by atoms with Crippen LogP contribution in [0.15, 0.2) is 231 Å². The molecule has 3 nitrogen and oxygen atoms in total. The number of benzene rings is 10. The van der Waals surface area contributed by atoms with E-state index < -0.39 is 0 Å². The predicted octanol–water partition coefficient (Wildman–Crippen LogP) is 16.0. The monoisotopic (exact) mass is 767 g/mol. The molecule has 0 aliphatic carbocycles. The third kappa shape index (κ3) is 6.16. The number of para-hydroxylation sites is 3. The molecule has 0 spiro atoms. The molecule has 0 unspecified atom stereocenters. The van der Waals surface area contributed by atoms with Crippen LogP contribution in [0.1, 0.15) is 5.56 Å². The van der Waals surface area contributed by atoms with Crippen molar-refractivity contribution in [3.05, 3.63) is 236 Å². The number of anilines is 6.